The van der Waals surface area contributed by atoms with E-state index in [1.54, 1.807) is 26.0 Å². The SMILES string of the molecule is CCN(CC)S(=O)(=O)c1ccc(O)c(NC(=O)c2cc(OC)ccc2Br)c1. The number of methoxy groups -OCH3 is 1. The first kappa shape index (κ1) is 21.2. The largest absolute Gasteiger partial charge is 0.506 e. The molecule has 9 heteroatoms. The van der Waals surface area contributed by atoms with Crippen LogP contribution in [-0.4, -0.2) is 43.9 Å². The minimum atomic E-state index is -3.72. The number of nitrogens with one attached hydrogen (secondary N) is 1. The van der Waals surface area contributed by atoms with Crippen LogP contribution in [0.3, 0.4) is 0 Å². The molecule has 0 fully saturated rings. The first-order chi connectivity index (χ1) is 12.7. The average Bonchev–Trinajstić information content (AvgIpc) is 2.64. The number of anilines is 1. The summed E-state index contributed by atoms with van der Waals surface area (Å²) >= 11 is 3.29. The zero-order valence-electron chi connectivity index (χ0n) is 15.2. The van der Waals surface area contributed by atoms with E-state index in [9.17, 15) is 18.3 Å². The van der Waals surface area contributed by atoms with Crippen LogP contribution in [-0.2, 0) is 10.0 Å². The number of benzene rings is 2. The monoisotopic (exact) mass is 456 g/mol. The number of phenols is 1. The Labute approximate surface area is 167 Å². The summed E-state index contributed by atoms with van der Waals surface area (Å²) in [4.78, 5) is 12.6. The third-order valence-electron chi connectivity index (χ3n) is 3.98. The second-order valence-corrected chi connectivity index (χ2v) is 8.36. The number of hydrogen-bond donors (Lipinski definition) is 2. The highest BCUT2D eigenvalue weighted by molar-refractivity contribution is 9.10. The van der Waals surface area contributed by atoms with E-state index in [4.69, 9.17) is 4.74 Å². The maximum atomic E-state index is 12.7. The van der Waals surface area contributed by atoms with Crippen molar-refractivity contribution in [3.8, 4) is 11.5 Å². The van der Waals surface area contributed by atoms with E-state index in [-0.39, 0.29) is 21.9 Å². The van der Waals surface area contributed by atoms with Crippen LogP contribution in [0.5, 0.6) is 11.5 Å². The number of phenolic OH excluding ortho intramolecular Hbond substituents is 1. The van der Waals surface area contributed by atoms with Crippen molar-refractivity contribution in [3.05, 3.63) is 46.4 Å². The van der Waals surface area contributed by atoms with Gasteiger partial charge in [0.15, 0.2) is 0 Å². The lowest BCUT2D eigenvalue weighted by Crippen LogP contribution is -2.30. The molecule has 0 bridgehead atoms. The van der Waals surface area contributed by atoms with Crippen molar-refractivity contribution >= 4 is 37.5 Å². The van der Waals surface area contributed by atoms with Crippen LogP contribution in [0, 0.1) is 0 Å². The predicted molar refractivity (Wildman–Crippen MR) is 107 cm³/mol. The van der Waals surface area contributed by atoms with Crippen molar-refractivity contribution in [2.24, 2.45) is 0 Å². The fourth-order valence-corrected chi connectivity index (χ4v) is 4.39. The number of ether oxygens (including phenoxy) is 1. The Kier molecular flexibility index (Phi) is 6.85. The highest BCUT2D eigenvalue weighted by Gasteiger charge is 2.23. The average molecular weight is 457 g/mol. The van der Waals surface area contributed by atoms with E-state index in [0.29, 0.717) is 23.3 Å². The minimum Gasteiger partial charge on any atom is -0.506 e. The summed E-state index contributed by atoms with van der Waals surface area (Å²) in [5.41, 5.74) is 0.286. The third-order valence-corrected chi connectivity index (χ3v) is 6.71. The van der Waals surface area contributed by atoms with Gasteiger partial charge in [-0.25, -0.2) is 8.42 Å². The standard InChI is InChI=1S/C18H21BrN2O5S/c1-4-21(5-2)27(24,25)13-7-9-17(22)16(11-13)20-18(23)14-10-12(26-3)6-8-15(14)19/h6-11,22H,4-5H2,1-3H3,(H,20,23). The molecule has 0 atom stereocenters. The molecule has 0 saturated carbocycles. The number of carbonyl (C=O) groups is 1. The Morgan fingerprint density at radius 1 is 1.19 bits per heavy atom. The molecule has 0 unspecified atom stereocenters. The van der Waals surface area contributed by atoms with Gasteiger partial charge in [-0.1, -0.05) is 13.8 Å². The van der Waals surface area contributed by atoms with Crippen LogP contribution in [0.2, 0.25) is 0 Å². The van der Waals surface area contributed by atoms with Gasteiger partial charge < -0.3 is 15.2 Å². The van der Waals surface area contributed by atoms with Crippen LogP contribution >= 0.6 is 15.9 Å². The fraction of sp³-hybridized carbons (Fsp3) is 0.278. The molecule has 0 spiro atoms. The first-order valence-electron chi connectivity index (χ1n) is 8.22. The molecule has 0 aliphatic heterocycles. The van der Waals surface area contributed by atoms with Crippen LogP contribution in [0.25, 0.3) is 0 Å². The fourth-order valence-electron chi connectivity index (χ4n) is 2.48. The lowest BCUT2D eigenvalue weighted by molar-refractivity contribution is 0.102. The van der Waals surface area contributed by atoms with Gasteiger partial charge in [0, 0.05) is 17.6 Å². The summed E-state index contributed by atoms with van der Waals surface area (Å²) in [6, 6.07) is 8.68. The summed E-state index contributed by atoms with van der Waals surface area (Å²) in [7, 11) is -2.23. The molecule has 2 aromatic rings. The van der Waals surface area contributed by atoms with Crippen molar-refractivity contribution < 1.29 is 23.1 Å². The van der Waals surface area contributed by atoms with E-state index in [0.717, 1.165) is 0 Å². The molecule has 0 aliphatic rings. The molecule has 0 aromatic heterocycles. The van der Waals surface area contributed by atoms with Crippen LogP contribution in [0.1, 0.15) is 24.2 Å². The molecule has 0 radical (unpaired) electrons. The number of halogens is 1. The number of sulfonamides is 1. The van der Waals surface area contributed by atoms with Crippen LogP contribution in [0.15, 0.2) is 45.8 Å². The Morgan fingerprint density at radius 3 is 2.44 bits per heavy atom. The summed E-state index contributed by atoms with van der Waals surface area (Å²) in [6.07, 6.45) is 0. The normalized spacial score (nSPS) is 11.4. The van der Waals surface area contributed by atoms with E-state index in [1.165, 1.54) is 35.7 Å². The molecule has 1 amide bonds. The molecule has 146 valence electrons. The van der Waals surface area contributed by atoms with Crippen LogP contribution < -0.4 is 10.1 Å². The highest BCUT2D eigenvalue weighted by atomic mass is 79.9. The van der Waals surface area contributed by atoms with E-state index in [2.05, 4.69) is 21.2 Å². The quantitative estimate of drug-likeness (QED) is 0.621. The summed E-state index contributed by atoms with van der Waals surface area (Å²) < 4.78 is 32.3. The summed E-state index contributed by atoms with van der Waals surface area (Å²) in [5.74, 6) is -0.264. The highest BCUT2D eigenvalue weighted by Crippen LogP contribution is 2.30. The number of carbonyl (C=O) groups excluding carboxylic acids is 1. The Hall–Kier alpha value is -2.10. The molecule has 0 saturated heterocycles. The van der Waals surface area contributed by atoms with Gasteiger partial charge in [-0.2, -0.15) is 4.31 Å². The molecule has 0 heterocycles. The Bertz CT molecular complexity index is 943. The first-order valence-corrected chi connectivity index (χ1v) is 10.5. The number of nitrogens with zero attached hydrogens (tertiary/aromatic N) is 1. The zero-order chi connectivity index (χ0) is 20.2. The van der Waals surface area contributed by atoms with E-state index < -0.39 is 15.9 Å². The van der Waals surface area contributed by atoms with Crippen LogP contribution in [0.4, 0.5) is 5.69 Å². The molecule has 2 aromatic carbocycles. The van der Waals surface area contributed by atoms with Crippen molar-refractivity contribution in [2.75, 3.05) is 25.5 Å². The van der Waals surface area contributed by atoms with Crippen molar-refractivity contribution in [2.45, 2.75) is 18.7 Å². The molecule has 2 N–H and O–H groups in total. The molecular weight excluding hydrogens is 436 g/mol. The number of rotatable bonds is 7. The van der Waals surface area contributed by atoms with Crippen molar-refractivity contribution in [3.63, 3.8) is 0 Å². The lowest BCUT2D eigenvalue weighted by Gasteiger charge is -2.19. The van der Waals surface area contributed by atoms with Gasteiger partial charge in [0.1, 0.15) is 11.5 Å². The smallest absolute Gasteiger partial charge is 0.257 e. The summed E-state index contributed by atoms with van der Waals surface area (Å²) in [5, 5.41) is 12.6. The maximum Gasteiger partial charge on any atom is 0.257 e. The molecule has 2 rings (SSSR count). The van der Waals surface area contributed by atoms with E-state index >= 15 is 0 Å². The number of amides is 1. The third kappa shape index (κ3) is 4.60. The van der Waals surface area contributed by atoms with Gasteiger partial charge in [0.2, 0.25) is 10.0 Å². The predicted octanol–water partition coefficient (Wildman–Crippen LogP) is 3.45. The van der Waals surface area contributed by atoms with Gasteiger partial charge in [0.25, 0.3) is 5.91 Å². The molecule has 0 aliphatic carbocycles. The van der Waals surface area contributed by atoms with Crippen molar-refractivity contribution in [1.29, 1.82) is 0 Å². The van der Waals surface area contributed by atoms with Gasteiger partial charge in [-0.05, 0) is 52.3 Å². The molecular formula is C18H21BrN2O5S. The minimum absolute atomic E-state index is 0.00273. The lowest BCUT2D eigenvalue weighted by atomic mass is 10.2. The zero-order valence-corrected chi connectivity index (χ0v) is 17.6. The number of hydrogen-bond acceptors (Lipinski definition) is 5. The second kappa shape index (κ2) is 8.73. The Morgan fingerprint density at radius 2 is 1.85 bits per heavy atom. The maximum absolute atomic E-state index is 12.7. The molecule has 27 heavy (non-hydrogen) atoms. The Balaban J connectivity index is 2.39. The topological polar surface area (TPSA) is 95.9 Å². The van der Waals surface area contributed by atoms with Gasteiger partial charge in [-0.15, -0.1) is 0 Å². The van der Waals surface area contributed by atoms with E-state index in [1.807, 2.05) is 0 Å². The van der Waals surface area contributed by atoms with Crippen molar-refractivity contribution in [1.82, 2.24) is 4.31 Å². The van der Waals surface area contributed by atoms with Gasteiger partial charge in [-0.3, -0.25) is 4.79 Å². The van der Waals surface area contributed by atoms with Gasteiger partial charge in [0.05, 0.1) is 23.3 Å². The van der Waals surface area contributed by atoms with Gasteiger partial charge >= 0.3 is 0 Å². The second-order valence-electron chi connectivity index (χ2n) is 5.57. The molecule has 7 nitrogen and oxygen atoms in total. The summed E-state index contributed by atoms with van der Waals surface area (Å²) in [6.45, 7) is 4.12. The number of aromatic hydroxyl groups is 1.